The van der Waals surface area contributed by atoms with Gasteiger partial charge in [0, 0.05) is 17.7 Å². The third-order valence-corrected chi connectivity index (χ3v) is 7.46. The van der Waals surface area contributed by atoms with Crippen LogP contribution in [0.2, 0.25) is 0 Å². The topological polar surface area (TPSA) is 58.5 Å². The van der Waals surface area contributed by atoms with E-state index in [9.17, 15) is 23.1 Å². The molecule has 3 heterocycles. The van der Waals surface area contributed by atoms with Crippen LogP contribution in [-0.4, -0.2) is 20.7 Å². The number of aromatic nitrogens is 3. The highest BCUT2D eigenvalue weighted by Crippen LogP contribution is 2.24. The van der Waals surface area contributed by atoms with Gasteiger partial charge >= 0.3 is 6.18 Å². The first kappa shape index (κ1) is 22.3. The number of rotatable bonds is 3. The molecule has 5 rings (SSSR count). The number of aliphatic hydroxyl groups excluding tert-OH is 1. The zero-order chi connectivity index (χ0) is 24.0. The van der Waals surface area contributed by atoms with E-state index in [-0.39, 0.29) is 4.96 Å². The second-order valence-electron chi connectivity index (χ2n) is 7.43. The second-order valence-corrected chi connectivity index (χ2v) is 9.47. The van der Waals surface area contributed by atoms with Crippen molar-refractivity contribution in [1.82, 2.24) is 9.38 Å². The lowest BCUT2D eigenvalue weighted by Gasteiger charge is -2.02. The summed E-state index contributed by atoms with van der Waals surface area (Å²) in [4.78, 5) is 17.5. The van der Waals surface area contributed by atoms with Crippen LogP contribution in [0, 0.1) is 0 Å². The van der Waals surface area contributed by atoms with E-state index in [1.807, 2.05) is 61.5 Å². The summed E-state index contributed by atoms with van der Waals surface area (Å²) in [5, 5.41) is 10.9. The Labute approximate surface area is 198 Å². The van der Waals surface area contributed by atoms with Crippen LogP contribution in [0.3, 0.4) is 0 Å². The Morgan fingerprint density at radius 1 is 1.12 bits per heavy atom. The van der Waals surface area contributed by atoms with E-state index in [4.69, 9.17) is 0 Å². The summed E-state index contributed by atoms with van der Waals surface area (Å²) in [5.41, 5.74) is 1.33. The van der Waals surface area contributed by atoms with Crippen LogP contribution in [0.4, 0.5) is 13.2 Å². The van der Waals surface area contributed by atoms with Crippen molar-refractivity contribution < 1.29 is 22.8 Å². The van der Waals surface area contributed by atoms with Crippen molar-refractivity contribution in [2.24, 2.45) is 0 Å². The summed E-state index contributed by atoms with van der Waals surface area (Å²) >= 11 is 2.03. The Bertz CT molecular complexity index is 1720. The summed E-state index contributed by atoms with van der Waals surface area (Å²) in [6.45, 7) is 2.67. The zero-order valence-electron chi connectivity index (χ0n) is 17.7. The number of thiazole rings is 2. The molecular formula is C24H17F3N3O2S2+. The fourth-order valence-electron chi connectivity index (χ4n) is 3.76. The standard InChI is InChI=1S/C24H16F3N3O2S2/c1-2-29-17-10-6-7-11-18(17)33-19(29)13-15-12-16(14-8-4-3-5-9-14)28-23-30(15)22(32)20(34-23)21(31)24(25,26)27/h3-13H,2H2,1H3/p+1. The van der Waals surface area contributed by atoms with E-state index in [1.165, 1.54) is 11.3 Å². The van der Waals surface area contributed by atoms with Crippen molar-refractivity contribution in [2.75, 3.05) is 0 Å². The van der Waals surface area contributed by atoms with Crippen LogP contribution in [0.5, 0.6) is 0 Å². The van der Waals surface area contributed by atoms with Crippen molar-refractivity contribution >= 4 is 49.7 Å². The molecule has 5 nitrogen and oxygen atoms in total. The highest BCUT2D eigenvalue weighted by Gasteiger charge is 2.36. The van der Waals surface area contributed by atoms with Crippen molar-refractivity contribution in [1.29, 1.82) is 0 Å². The lowest BCUT2D eigenvalue weighted by atomic mass is 10.1. The van der Waals surface area contributed by atoms with E-state index in [0.717, 1.165) is 25.2 Å². The van der Waals surface area contributed by atoms with E-state index in [0.29, 0.717) is 28.9 Å². The van der Waals surface area contributed by atoms with Crippen LogP contribution in [-0.2, 0) is 6.54 Å². The molecule has 0 spiro atoms. The normalized spacial score (nSPS) is 13.7. The van der Waals surface area contributed by atoms with Gasteiger partial charge in [-0.05, 0) is 19.1 Å². The highest BCUT2D eigenvalue weighted by atomic mass is 32.1. The van der Waals surface area contributed by atoms with Gasteiger partial charge in [-0.2, -0.15) is 17.7 Å². The van der Waals surface area contributed by atoms with Gasteiger partial charge in [-0.15, -0.1) is 0 Å². The molecule has 0 saturated heterocycles. The Morgan fingerprint density at radius 2 is 1.82 bits per heavy atom. The maximum Gasteiger partial charge on any atom is 0.450 e. The molecule has 0 unspecified atom stereocenters. The molecule has 172 valence electrons. The summed E-state index contributed by atoms with van der Waals surface area (Å²) in [5.74, 6) is -1.91. The average molecular weight is 501 g/mol. The van der Waals surface area contributed by atoms with Crippen LogP contribution < -0.4 is 20.0 Å². The Morgan fingerprint density at radius 3 is 2.53 bits per heavy atom. The monoisotopic (exact) mass is 500 g/mol. The summed E-state index contributed by atoms with van der Waals surface area (Å²) in [6, 6.07) is 18.7. The highest BCUT2D eigenvalue weighted by molar-refractivity contribution is 7.18. The smallest absolute Gasteiger partial charge is 0.450 e. The molecule has 0 atom stereocenters. The number of alkyl halides is 3. The molecule has 0 radical (unpaired) electrons. The van der Waals surface area contributed by atoms with Gasteiger partial charge in [-0.1, -0.05) is 65.1 Å². The lowest BCUT2D eigenvalue weighted by molar-refractivity contribution is -0.665. The molecule has 1 N–H and O–H groups in total. The quantitative estimate of drug-likeness (QED) is 0.381. The largest absolute Gasteiger partial charge is 0.503 e. The van der Waals surface area contributed by atoms with Crippen LogP contribution in [0.15, 0.2) is 65.5 Å². The molecule has 0 fully saturated rings. The molecule has 3 aromatic heterocycles. The van der Waals surface area contributed by atoms with E-state index in [1.54, 1.807) is 12.1 Å². The molecule has 2 aromatic carbocycles. The minimum Gasteiger partial charge on any atom is -0.503 e. The van der Waals surface area contributed by atoms with Gasteiger partial charge in [-0.25, -0.2) is 4.98 Å². The van der Waals surface area contributed by atoms with Gasteiger partial charge in [0.15, 0.2) is 4.96 Å². The molecule has 5 aromatic rings. The van der Waals surface area contributed by atoms with Crippen molar-refractivity contribution in [3.8, 4) is 11.3 Å². The summed E-state index contributed by atoms with van der Waals surface area (Å²) < 4.78 is 43.0. The van der Waals surface area contributed by atoms with Crippen molar-refractivity contribution in [3.05, 3.63) is 85.9 Å². The van der Waals surface area contributed by atoms with Gasteiger partial charge in [0.25, 0.3) is 10.6 Å². The number of aliphatic hydroxyl groups is 1. The number of fused-ring (bicyclic) bond motifs is 2. The van der Waals surface area contributed by atoms with Crippen molar-refractivity contribution in [2.45, 2.75) is 19.6 Å². The van der Waals surface area contributed by atoms with Gasteiger partial charge < -0.3 is 5.11 Å². The fraction of sp³-hybridized carbons (Fsp3) is 0.125. The molecule has 0 amide bonds. The third-order valence-electron chi connectivity index (χ3n) is 5.32. The second kappa shape index (κ2) is 8.37. The molecule has 34 heavy (non-hydrogen) atoms. The molecule has 10 heteroatoms. The van der Waals surface area contributed by atoms with Crippen LogP contribution >= 0.6 is 22.7 Å². The number of hydrogen-bond donors (Lipinski definition) is 1. The fourth-order valence-corrected chi connectivity index (χ4v) is 5.93. The molecule has 0 aliphatic heterocycles. The number of para-hydroxylation sites is 1. The van der Waals surface area contributed by atoms with Crippen LogP contribution in [0.25, 0.3) is 38.3 Å². The predicted octanol–water partition coefficient (Wildman–Crippen LogP) is 4.00. The molecule has 0 bridgehead atoms. The van der Waals surface area contributed by atoms with Gasteiger partial charge in [0.2, 0.25) is 11.3 Å². The van der Waals surface area contributed by atoms with Gasteiger partial charge in [0.1, 0.15) is 15.8 Å². The van der Waals surface area contributed by atoms with E-state index in [2.05, 4.69) is 9.55 Å². The number of benzene rings is 2. The van der Waals surface area contributed by atoms with E-state index < -0.39 is 22.0 Å². The Balaban J connectivity index is 1.91. The summed E-state index contributed by atoms with van der Waals surface area (Å²) in [6.07, 6.45) is -3.26. The maximum atomic E-state index is 13.2. The Hall–Kier alpha value is -3.50. The molecule has 0 aliphatic carbocycles. The SMILES string of the molecule is CC[n+]1c(C=c2cc(-c3ccccc3)nc3sc(=C(O)C(F)(F)F)c(=O)n23)sc2ccccc21. The molecule has 0 aliphatic rings. The van der Waals surface area contributed by atoms with Gasteiger partial charge in [0.05, 0.1) is 11.0 Å². The maximum absolute atomic E-state index is 13.2. The predicted molar refractivity (Wildman–Crippen MR) is 127 cm³/mol. The minimum absolute atomic E-state index is 0.0626. The minimum atomic E-state index is -5.04. The molecular weight excluding hydrogens is 483 g/mol. The van der Waals surface area contributed by atoms with Crippen LogP contribution in [0.1, 0.15) is 11.9 Å². The number of nitrogens with zero attached hydrogens (tertiary/aromatic N) is 3. The first-order valence-corrected chi connectivity index (χ1v) is 11.9. The molecule has 0 saturated carbocycles. The third kappa shape index (κ3) is 3.78. The first-order valence-electron chi connectivity index (χ1n) is 10.3. The Kier molecular flexibility index (Phi) is 5.49. The van der Waals surface area contributed by atoms with E-state index >= 15 is 0 Å². The number of hydrogen-bond acceptors (Lipinski definition) is 5. The average Bonchev–Trinajstić information content (AvgIpc) is 3.35. The first-order chi connectivity index (χ1) is 16.3. The zero-order valence-corrected chi connectivity index (χ0v) is 19.3. The summed E-state index contributed by atoms with van der Waals surface area (Å²) in [7, 11) is 0. The lowest BCUT2D eigenvalue weighted by Crippen LogP contribution is -2.37. The number of aryl methyl sites for hydroxylation is 1. The number of halogens is 3. The van der Waals surface area contributed by atoms with Gasteiger partial charge in [-0.3, -0.25) is 9.20 Å². The van der Waals surface area contributed by atoms with Crippen molar-refractivity contribution in [3.63, 3.8) is 0 Å².